The number of benzene rings is 1. The fraction of sp³-hybridized carbons (Fsp3) is 0.552. The highest BCUT2D eigenvalue weighted by atomic mass is 16.3. The summed E-state index contributed by atoms with van der Waals surface area (Å²) in [5.41, 5.74) is 0.267. The number of aromatic nitrogens is 4. The van der Waals surface area contributed by atoms with Crippen molar-refractivity contribution in [2.45, 2.75) is 56.7 Å². The van der Waals surface area contributed by atoms with E-state index in [1.54, 1.807) is 16.8 Å². The molecule has 0 spiro atoms. The zero-order chi connectivity index (χ0) is 28.0. The Morgan fingerprint density at radius 3 is 2.45 bits per heavy atom. The van der Waals surface area contributed by atoms with Gasteiger partial charge in [-0.15, -0.1) is 0 Å². The number of hydrogen-bond donors (Lipinski definition) is 1. The van der Waals surface area contributed by atoms with Gasteiger partial charge in [-0.05, 0) is 70.8 Å². The number of amides is 2. The fourth-order valence-electron chi connectivity index (χ4n) is 6.00. The van der Waals surface area contributed by atoms with Crippen LogP contribution in [0.3, 0.4) is 0 Å². The van der Waals surface area contributed by atoms with E-state index in [-0.39, 0.29) is 29.8 Å². The van der Waals surface area contributed by atoms with E-state index in [0.29, 0.717) is 54.3 Å². The van der Waals surface area contributed by atoms with E-state index in [1.165, 1.54) is 17.1 Å². The van der Waals surface area contributed by atoms with Crippen LogP contribution in [0, 0.1) is 5.92 Å². The van der Waals surface area contributed by atoms with Crippen molar-refractivity contribution in [3.05, 3.63) is 52.7 Å². The van der Waals surface area contributed by atoms with Gasteiger partial charge in [0, 0.05) is 43.7 Å². The maximum Gasteiger partial charge on any atom is 0.264 e. The number of carbonyl (C=O) groups is 2. The largest absolute Gasteiger partial charge is 0.388 e. The lowest BCUT2D eigenvalue weighted by Gasteiger charge is -2.38. The standard InChI is InChI=1S/C29H37N7O4/c1-32(2)22-8-12-33(13-9-22)27(38)21-4-3-5-23(16-21)36-25-24(17-31-36)28(39)35(19-30-25)18-29(40)10-14-34(15-11-29)26(37)20-6-7-20/h3-5,16-17,19-20,22,40H,6-15,18H2,1-2H3. The van der Waals surface area contributed by atoms with Crippen molar-refractivity contribution in [2.75, 3.05) is 40.3 Å². The molecule has 4 heterocycles. The van der Waals surface area contributed by atoms with Crippen molar-refractivity contribution in [3.63, 3.8) is 0 Å². The molecule has 212 valence electrons. The summed E-state index contributed by atoms with van der Waals surface area (Å²) in [6.45, 7) is 2.55. The highest BCUT2D eigenvalue weighted by Crippen LogP contribution is 2.33. The molecule has 3 aromatic rings. The van der Waals surface area contributed by atoms with Crippen molar-refractivity contribution in [3.8, 4) is 5.69 Å². The van der Waals surface area contributed by atoms with Gasteiger partial charge in [0.1, 0.15) is 11.7 Å². The second-order valence-electron chi connectivity index (χ2n) is 11.8. The second kappa shape index (κ2) is 10.4. The van der Waals surface area contributed by atoms with Gasteiger partial charge < -0.3 is 19.8 Å². The lowest BCUT2D eigenvalue weighted by molar-refractivity contribution is -0.137. The first-order chi connectivity index (χ1) is 19.2. The summed E-state index contributed by atoms with van der Waals surface area (Å²) in [7, 11) is 4.15. The van der Waals surface area contributed by atoms with Crippen LogP contribution >= 0.6 is 0 Å². The zero-order valence-corrected chi connectivity index (χ0v) is 23.2. The van der Waals surface area contributed by atoms with Gasteiger partial charge in [-0.3, -0.25) is 19.0 Å². The highest BCUT2D eigenvalue weighted by molar-refractivity contribution is 5.95. The monoisotopic (exact) mass is 547 g/mol. The molecule has 1 aliphatic carbocycles. The molecule has 40 heavy (non-hydrogen) atoms. The molecule has 2 amide bonds. The Hall–Kier alpha value is -3.57. The number of rotatable bonds is 6. The normalized spacial score (nSPS) is 19.9. The average Bonchev–Trinajstić information content (AvgIpc) is 3.73. The predicted octanol–water partition coefficient (Wildman–Crippen LogP) is 1.51. The second-order valence-corrected chi connectivity index (χ2v) is 11.8. The molecule has 3 fully saturated rings. The first-order valence-corrected chi connectivity index (χ1v) is 14.2. The van der Waals surface area contributed by atoms with Gasteiger partial charge in [0.25, 0.3) is 11.5 Å². The number of hydrogen-bond acceptors (Lipinski definition) is 7. The lowest BCUT2D eigenvalue weighted by Crippen LogP contribution is -2.50. The summed E-state index contributed by atoms with van der Waals surface area (Å²) in [5.74, 6) is 0.342. The summed E-state index contributed by atoms with van der Waals surface area (Å²) >= 11 is 0. The van der Waals surface area contributed by atoms with Gasteiger partial charge in [0.05, 0.1) is 24.0 Å². The maximum atomic E-state index is 13.3. The summed E-state index contributed by atoms with van der Waals surface area (Å²) in [4.78, 5) is 49.4. The number of nitrogens with zero attached hydrogens (tertiary/aromatic N) is 7. The molecule has 0 unspecified atom stereocenters. The molecule has 0 radical (unpaired) electrons. The average molecular weight is 548 g/mol. The molecule has 1 aromatic carbocycles. The number of carbonyl (C=O) groups excluding carboxylic acids is 2. The van der Waals surface area contributed by atoms with E-state index in [4.69, 9.17) is 0 Å². The highest BCUT2D eigenvalue weighted by Gasteiger charge is 2.39. The minimum atomic E-state index is -1.08. The number of fused-ring (bicyclic) bond motifs is 1. The summed E-state index contributed by atoms with van der Waals surface area (Å²) in [5, 5.41) is 16.0. The van der Waals surface area contributed by atoms with Gasteiger partial charge in [0.2, 0.25) is 5.91 Å². The van der Waals surface area contributed by atoms with Crippen LogP contribution in [0.2, 0.25) is 0 Å². The predicted molar refractivity (Wildman–Crippen MR) is 149 cm³/mol. The Labute approximate surface area is 233 Å². The molecule has 2 aliphatic heterocycles. The molecule has 0 atom stereocenters. The van der Waals surface area contributed by atoms with Gasteiger partial charge in [-0.1, -0.05) is 6.07 Å². The van der Waals surface area contributed by atoms with E-state index in [2.05, 4.69) is 29.1 Å². The lowest BCUT2D eigenvalue weighted by atomic mass is 9.91. The third kappa shape index (κ3) is 5.15. The molecule has 1 saturated carbocycles. The maximum absolute atomic E-state index is 13.3. The molecule has 6 rings (SSSR count). The molecule has 0 bridgehead atoms. The minimum Gasteiger partial charge on any atom is -0.388 e. The van der Waals surface area contributed by atoms with Crippen LogP contribution in [-0.2, 0) is 11.3 Å². The molecule has 2 aromatic heterocycles. The van der Waals surface area contributed by atoms with Crippen LogP contribution in [0.5, 0.6) is 0 Å². The summed E-state index contributed by atoms with van der Waals surface area (Å²) in [6, 6.07) is 7.75. The minimum absolute atomic E-state index is 0.0102. The van der Waals surface area contributed by atoms with E-state index in [1.807, 2.05) is 21.9 Å². The van der Waals surface area contributed by atoms with Crippen molar-refractivity contribution in [2.24, 2.45) is 5.92 Å². The van der Waals surface area contributed by atoms with Gasteiger partial charge in [-0.2, -0.15) is 5.10 Å². The number of piperidine rings is 2. The van der Waals surface area contributed by atoms with E-state index in [0.717, 1.165) is 38.8 Å². The molecule has 1 N–H and O–H groups in total. The quantitative estimate of drug-likeness (QED) is 0.497. The smallest absolute Gasteiger partial charge is 0.264 e. The van der Waals surface area contributed by atoms with Crippen molar-refractivity contribution in [1.82, 2.24) is 34.0 Å². The molecular formula is C29H37N7O4. The zero-order valence-electron chi connectivity index (χ0n) is 23.2. The third-order valence-corrected chi connectivity index (χ3v) is 8.77. The van der Waals surface area contributed by atoms with Gasteiger partial charge in [0.15, 0.2) is 5.65 Å². The van der Waals surface area contributed by atoms with Gasteiger partial charge >= 0.3 is 0 Å². The number of likely N-dealkylation sites (tertiary alicyclic amines) is 2. The van der Waals surface area contributed by atoms with E-state index >= 15 is 0 Å². The van der Waals surface area contributed by atoms with Crippen LogP contribution in [0.1, 0.15) is 48.9 Å². The Bertz CT molecular complexity index is 1480. The van der Waals surface area contributed by atoms with Crippen LogP contribution < -0.4 is 5.56 Å². The molecule has 3 aliphatic rings. The van der Waals surface area contributed by atoms with Crippen LogP contribution in [0.15, 0.2) is 41.6 Å². The molecule has 11 nitrogen and oxygen atoms in total. The molecule has 2 saturated heterocycles. The Balaban J connectivity index is 1.17. The van der Waals surface area contributed by atoms with E-state index in [9.17, 15) is 19.5 Å². The fourth-order valence-corrected chi connectivity index (χ4v) is 6.00. The van der Waals surface area contributed by atoms with Crippen molar-refractivity contribution >= 4 is 22.8 Å². The van der Waals surface area contributed by atoms with Crippen LogP contribution in [0.4, 0.5) is 0 Å². The first-order valence-electron chi connectivity index (χ1n) is 14.2. The molecule has 11 heteroatoms. The van der Waals surface area contributed by atoms with Gasteiger partial charge in [-0.25, -0.2) is 9.67 Å². The van der Waals surface area contributed by atoms with Crippen LogP contribution in [-0.4, -0.2) is 103 Å². The van der Waals surface area contributed by atoms with Crippen LogP contribution in [0.25, 0.3) is 16.7 Å². The Morgan fingerprint density at radius 2 is 1.77 bits per heavy atom. The SMILES string of the molecule is CN(C)C1CCN(C(=O)c2cccc(-n3ncc4c(=O)n(CC5(O)CCN(C(=O)C6CC6)CC5)cnc43)c2)CC1. The van der Waals surface area contributed by atoms with Crippen molar-refractivity contribution < 1.29 is 14.7 Å². The topological polar surface area (TPSA) is 117 Å². The Kier molecular flexibility index (Phi) is 6.95. The summed E-state index contributed by atoms with van der Waals surface area (Å²) in [6.07, 6.45) is 7.60. The first kappa shape index (κ1) is 26.6. The Morgan fingerprint density at radius 1 is 1.05 bits per heavy atom. The van der Waals surface area contributed by atoms with Crippen molar-refractivity contribution in [1.29, 1.82) is 0 Å². The number of aliphatic hydroxyl groups is 1. The summed E-state index contributed by atoms with van der Waals surface area (Å²) < 4.78 is 3.01. The molecular weight excluding hydrogens is 510 g/mol. The van der Waals surface area contributed by atoms with E-state index < -0.39 is 5.60 Å². The third-order valence-electron chi connectivity index (χ3n) is 8.77.